The van der Waals surface area contributed by atoms with Crippen molar-refractivity contribution >= 4 is 12.0 Å². The van der Waals surface area contributed by atoms with Gasteiger partial charge in [0, 0.05) is 24.6 Å². The smallest absolute Gasteiger partial charge is 0.250 e. The predicted octanol–water partition coefficient (Wildman–Crippen LogP) is 4.90. The lowest BCUT2D eigenvalue weighted by molar-refractivity contribution is -0.125. The number of benzene rings is 3. The van der Waals surface area contributed by atoms with Crippen molar-refractivity contribution in [3.05, 3.63) is 113 Å². The number of likely N-dealkylation sites (tertiary alicyclic amines) is 1. The molecule has 1 fully saturated rings. The summed E-state index contributed by atoms with van der Waals surface area (Å²) in [5, 5.41) is 0. The maximum Gasteiger partial charge on any atom is 0.250 e. The third-order valence-electron chi connectivity index (χ3n) is 4.85. The fraction of sp³-hybridized carbons (Fsp3) is 0.125. The number of hydrogen-bond donors (Lipinski definition) is 0. The van der Waals surface area contributed by atoms with E-state index in [2.05, 4.69) is 24.3 Å². The monoisotopic (exact) mass is 339 g/mol. The molecule has 0 bridgehead atoms. The van der Waals surface area contributed by atoms with Crippen LogP contribution in [0.4, 0.5) is 0 Å². The van der Waals surface area contributed by atoms with Crippen LogP contribution in [0.5, 0.6) is 0 Å². The Morgan fingerprint density at radius 3 is 2.04 bits per heavy atom. The fourth-order valence-corrected chi connectivity index (χ4v) is 3.53. The van der Waals surface area contributed by atoms with Crippen LogP contribution in [0.25, 0.3) is 6.08 Å². The summed E-state index contributed by atoms with van der Waals surface area (Å²) in [4.78, 5) is 15.1. The van der Waals surface area contributed by atoms with Crippen molar-refractivity contribution in [1.82, 2.24) is 4.90 Å². The first kappa shape index (κ1) is 16.3. The quantitative estimate of drug-likeness (QED) is 0.619. The van der Waals surface area contributed by atoms with E-state index in [-0.39, 0.29) is 11.8 Å². The Bertz CT molecular complexity index is 901. The van der Waals surface area contributed by atoms with Gasteiger partial charge in [-0.05, 0) is 22.8 Å². The molecular formula is C24H21NO. The molecule has 0 saturated carbocycles. The van der Waals surface area contributed by atoms with Crippen LogP contribution >= 0.6 is 0 Å². The van der Waals surface area contributed by atoms with Crippen LogP contribution in [-0.2, 0) is 11.3 Å². The summed E-state index contributed by atoms with van der Waals surface area (Å²) >= 11 is 0. The molecule has 4 rings (SSSR count). The summed E-state index contributed by atoms with van der Waals surface area (Å²) in [6.45, 7) is 1.37. The Morgan fingerprint density at radius 2 is 1.38 bits per heavy atom. The third kappa shape index (κ3) is 3.45. The molecular weight excluding hydrogens is 318 g/mol. The average molecular weight is 339 g/mol. The van der Waals surface area contributed by atoms with Gasteiger partial charge in [-0.3, -0.25) is 4.79 Å². The van der Waals surface area contributed by atoms with Crippen molar-refractivity contribution in [1.29, 1.82) is 0 Å². The lowest BCUT2D eigenvalue weighted by Crippen LogP contribution is -2.24. The molecule has 1 amide bonds. The van der Waals surface area contributed by atoms with Crippen LogP contribution in [0, 0.1) is 0 Å². The highest BCUT2D eigenvalue weighted by molar-refractivity contribution is 6.01. The molecule has 0 spiro atoms. The van der Waals surface area contributed by atoms with Crippen molar-refractivity contribution in [3.8, 4) is 0 Å². The molecule has 3 aromatic carbocycles. The van der Waals surface area contributed by atoms with Gasteiger partial charge in [-0.1, -0.05) is 91.0 Å². The molecule has 128 valence electrons. The van der Waals surface area contributed by atoms with Gasteiger partial charge in [0.2, 0.25) is 0 Å². The van der Waals surface area contributed by atoms with Gasteiger partial charge in [0.25, 0.3) is 5.91 Å². The van der Waals surface area contributed by atoms with Crippen LogP contribution in [0.3, 0.4) is 0 Å². The van der Waals surface area contributed by atoms with Gasteiger partial charge in [0.1, 0.15) is 0 Å². The zero-order valence-electron chi connectivity index (χ0n) is 14.6. The van der Waals surface area contributed by atoms with Gasteiger partial charge in [-0.2, -0.15) is 0 Å². The zero-order valence-corrected chi connectivity index (χ0v) is 14.6. The molecule has 0 radical (unpaired) electrons. The van der Waals surface area contributed by atoms with E-state index in [4.69, 9.17) is 0 Å². The van der Waals surface area contributed by atoms with Gasteiger partial charge in [-0.15, -0.1) is 0 Å². The predicted molar refractivity (Wildman–Crippen MR) is 105 cm³/mol. The molecule has 2 nitrogen and oxygen atoms in total. The van der Waals surface area contributed by atoms with Crippen LogP contribution in [0.2, 0.25) is 0 Å². The highest BCUT2D eigenvalue weighted by atomic mass is 16.2. The first-order valence-electron chi connectivity index (χ1n) is 8.96. The second kappa shape index (κ2) is 7.40. The summed E-state index contributed by atoms with van der Waals surface area (Å²) in [5.74, 6) is 0.235. The molecule has 0 N–H and O–H groups in total. The SMILES string of the molecule is O=C1/C(=C/c2ccccc2)C(c2ccccc2)CN1Cc1ccccc1. The molecule has 26 heavy (non-hydrogen) atoms. The summed E-state index contributed by atoms with van der Waals surface area (Å²) in [6, 6.07) is 30.6. The molecule has 1 aliphatic heterocycles. The second-order valence-corrected chi connectivity index (χ2v) is 6.64. The number of carbonyl (C=O) groups is 1. The Balaban J connectivity index is 1.69. The molecule has 1 unspecified atom stereocenters. The van der Waals surface area contributed by atoms with Crippen molar-refractivity contribution in [2.24, 2.45) is 0 Å². The van der Waals surface area contributed by atoms with E-state index in [1.165, 1.54) is 5.56 Å². The topological polar surface area (TPSA) is 20.3 Å². The van der Waals surface area contributed by atoms with E-state index in [9.17, 15) is 4.79 Å². The number of hydrogen-bond acceptors (Lipinski definition) is 1. The lowest BCUT2D eigenvalue weighted by Gasteiger charge is -2.16. The molecule has 3 aromatic rings. The summed E-state index contributed by atoms with van der Waals surface area (Å²) in [6.07, 6.45) is 2.05. The first-order valence-corrected chi connectivity index (χ1v) is 8.96. The summed E-state index contributed by atoms with van der Waals surface area (Å²) < 4.78 is 0. The van der Waals surface area contributed by atoms with E-state index in [1.807, 2.05) is 77.7 Å². The first-order chi connectivity index (χ1) is 12.8. The van der Waals surface area contributed by atoms with Crippen LogP contribution in [-0.4, -0.2) is 17.4 Å². The van der Waals surface area contributed by atoms with Crippen molar-refractivity contribution < 1.29 is 4.79 Å². The summed E-state index contributed by atoms with van der Waals surface area (Å²) in [7, 11) is 0. The van der Waals surface area contributed by atoms with Gasteiger partial charge in [0.15, 0.2) is 0 Å². The van der Waals surface area contributed by atoms with Crippen LogP contribution < -0.4 is 0 Å². The average Bonchev–Trinajstić information content (AvgIpc) is 3.00. The number of rotatable bonds is 4. The van der Waals surface area contributed by atoms with Crippen molar-refractivity contribution in [2.45, 2.75) is 12.5 Å². The molecule has 1 atom stereocenters. The van der Waals surface area contributed by atoms with E-state index in [0.717, 1.165) is 23.2 Å². The molecule has 1 heterocycles. The van der Waals surface area contributed by atoms with Gasteiger partial charge in [0.05, 0.1) is 0 Å². The van der Waals surface area contributed by atoms with Crippen molar-refractivity contribution in [2.75, 3.05) is 6.54 Å². The Kier molecular flexibility index (Phi) is 4.65. The van der Waals surface area contributed by atoms with Gasteiger partial charge >= 0.3 is 0 Å². The zero-order chi connectivity index (χ0) is 17.8. The van der Waals surface area contributed by atoms with Crippen LogP contribution in [0.1, 0.15) is 22.6 Å². The Labute approximate surface area is 154 Å². The summed E-state index contributed by atoms with van der Waals surface area (Å²) in [5.41, 5.74) is 4.30. The number of carbonyl (C=O) groups excluding carboxylic acids is 1. The van der Waals surface area contributed by atoms with Gasteiger partial charge < -0.3 is 4.90 Å². The van der Waals surface area contributed by atoms with E-state index in [1.54, 1.807) is 0 Å². The van der Waals surface area contributed by atoms with E-state index >= 15 is 0 Å². The third-order valence-corrected chi connectivity index (χ3v) is 4.85. The second-order valence-electron chi connectivity index (χ2n) is 6.64. The maximum atomic E-state index is 13.2. The minimum atomic E-state index is 0.104. The lowest BCUT2D eigenvalue weighted by atomic mass is 9.92. The van der Waals surface area contributed by atoms with Crippen molar-refractivity contribution in [3.63, 3.8) is 0 Å². The molecule has 0 aromatic heterocycles. The van der Waals surface area contributed by atoms with E-state index < -0.39 is 0 Å². The normalized spacial score (nSPS) is 18.5. The Morgan fingerprint density at radius 1 is 0.808 bits per heavy atom. The van der Waals surface area contributed by atoms with Gasteiger partial charge in [-0.25, -0.2) is 0 Å². The Hall–Kier alpha value is -3.13. The standard InChI is InChI=1S/C24H21NO/c26-24-22(16-19-10-4-1-5-11-19)23(21-14-8-3-9-15-21)18-25(24)17-20-12-6-2-7-13-20/h1-16,23H,17-18H2/b22-16+. The van der Waals surface area contributed by atoms with Crippen LogP contribution in [0.15, 0.2) is 96.6 Å². The molecule has 1 saturated heterocycles. The molecule has 0 aliphatic carbocycles. The minimum Gasteiger partial charge on any atom is -0.334 e. The number of amides is 1. The highest BCUT2D eigenvalue weighted by Crippen LogP contribution is 2.35. The molecule has 1 aliphatic rings. The largest absolute Gasteiger partial charge is 0.334 e. The molecule has 2 heteroatoms. The maximum absolute atomic E-state index is 13.2. The highest BCUT2D eigenvalue weighted by Gasteiger charge is 2.35. The number of nitrogens with zero attached hydrogens (tertiary/aromatic N) is 1. The van der Waals surface area contributed by atoms with E-state index in [0.29, 0.717) is 6.54 Å². The fourth-order valence-electron chi connectivity index (χ4n) is 3.53. The minimum absolute atomic E-state index is 0.104.